The van der Waals surface area contributed by atoms with Crippen LogP contribution in [0.3, 0.4) is 0 Å². The van der Waals surface area contributed by atoms with Crippen molar-refractivity contribution in [3.8, 4) is 0 Å². The molecule has 1 aliphatic heterocycles. The van der Waals surface area contributed by atoms with E-state index in [2.05, 4.69) is 5.32 Å². The van der Waals surface area contributed by atoms with Crippen LogP contribution in [0.25, 0.3) is 0 Å². The van der Waals surface area contributed by atoms with Crippen LogP contribution in [0.4, 0.5) is 4.39 Å². The van der Waals surface area contributed by atoms with E-state index in [0.29, 0.717) is 6.42 Å². The molecule has 0 spiro atoms. The van der Waals surface area contributed by atoms with Crippen molar-refractivity contribution in [1.82, 2.24) is 5.32 Å². The lowest BCUT2D eigenvalue weighted by Crippen LogP contribution is -2.44. The van der Waals surface area contributed by atoms with Crippen LogP contribution in [0.5, 0.6) is 0 Å². The van der Waals surface area contributed by atoms with Crippen LogP contribution in [0.2, 0.25) is 0 Å². The molecule has 1 aromatic rings. The second-order valence-electron chi connectivity index (χ2n) is 6.61. The van der Waals surface area contributed by atoms with Gasteiger partial charge in [-0.25, -0.2) is 4.39 Å². The van der Waals surface area contributed by atoms with Gasteiger partial charge in [0.25, 0.3) is 0 Å². The Morgan fingerprint density at radius 3 is 2.29 bits per heavy atom. The molecule has 0 aliphatic carbocycles. The lowest BCUT2D eigenvalue weighted by atomic mass is 9.98. The third-order valence-electron chi connectivity index (χ3n) is 4.78. The molecular weight excluding hydrogens is 313 g/mol. The molecule has 0 saturated carbocycles. The number of rotatable bonds is 9. The summed E-state index contributed by atoms with van der Waals surface area (Å²) in [5.41, 5.74) is 1.12. The molecule has 0 radical (unpaired) electrons. The van der Waals surface area contributed by atoms with Crippen molar-refractivity contribution in [3.63, 3.8) is 0 Å². The van der Waals surface area contributed by atoms with Crippen LogP contribution < -0.4 is 5.32 Å². The molecule has 5 nitrogen and oxygen atoms in total. The minimum atomic E-state index is -1.06. The maximum Gasteiger partial charge on any atom is 0.123 e. The van der Waals surface area contributed by atoms with Gasteiger partial charge in [0, 0.05) is 0 Å². The van der Waals surface area contributed by atoms with Crippen molar-refractivity contribution in [2.45, 2.75) is 68.9 Å². The van der Waals surface area contributed by atoms with Gasteiger partial charge in [0.05, 0.1) is 37.0 Å². The highest BCUT2D eigenvalue weighted by atomic mass is 19.1. The molecule has 0 amide bonds. The second kappa shape index (κ2) is 9.44. The van der Waals surface area contributed by atoms with E-state index in [4.69, 9.17) is 5.11 Å². The van der Waals surface area contributed by atoms with Crippen molar-refractivity contribution >= 4 is 0 Å². The normalized spacial score (nSPS) is 28.2. The fraction of sp³-hybridized carbons (Fsp3) is 0.667. The van der Waals surface area contributed by atoms with Crippen molar-refractivity contribution in [2.24, 2.45) is 0 Å². The van der Waals surface area contributed by atoms with E-state index >= 15 is 0 Å². The minimum absolute atomic E-state index is 0.219. The van der Waals surface area contributed by atoms with Gasteiger partial charge < -0.3 is 25.7 Å². The molecule has 5 atom stereocenters. The predicted molar refractivity (Wildman–Crippen MR) is 89.0 cm³/mol. The summed E-state index contributed by atoms with van der Waals surface area (Å²) in [5.74, 6) is -0.219. The SMILES string of the molecule is OC[C@H]1N[C@H]([C@H](O)CCCCCCc2ccc(F)cc2)[C@@H](O)[C@@H]1O. The van der Waals surface area contributed by atoms with E-state index in [1.165, 1.54) is 12.1 Å². The fourth-order valence-electron chi connectivity index (χ4n) is 3.26. The summed E-state index contributed by atoms with van der Waals surface area (Å²) in [5, 5.41) is 41.8. The van der Waals surface area contributed by atoms with Crippen molar-refractivity contribution < 1.29 is 24.8 Å². The zero-order valence-corrected chi connectivity index (χ0v) is 13.8. The van der Waals surface area contributed by atoms with Crippen LogP contribution in [-0.2, 0) is 6.42 Å². The summed E-state index contributed by atoms with van der Waals surface area (Å²) in [6, 6.07) is 5.36. The third-order valence-corrected chi connectivity index (χ3v) is 4.78. The summed E-state index contributed by atoms with van der Waals surface area (Å²) in [6.45, 7) is -0.273. The lowest BCUT2D eigenvalue weighted by Gasteiger charge is -2.22. The maximum atomic E-state index is 12.8. The topological polar surface area (TPSA) is 93.0 Å². The van der Waals surface area contributed by atoms with E-state index in [9.17, 15) is 19.7 Å². The number of unbranched alkanes of at least 4 members (excludes halogenated alkanes) is 3. The summed E-state index contributed by atoms with van der Waals surface area (Å²) >= 11 is 0. The molecule has 5 N–H and O–H groups in total. The van der Waals surface area contributed by atoms with Gasteiger partial charge in [-0.1, -0.05) is 31.4 Å². The zero-order chi connectivity index (χ0) is 17.5. The van der Waals surface area contributed by atoms with Gasteiger partial charge in [0.1, 0.15) is 5.82 Å². The number of nitrogens with one attached hydrogen (secondary N) is 1. The molecule has 2 rings (SSSR count). The minimum Gasteiger partial charge on any atom is -0.395 e. The van der Waals surface area contributed by atoms with Crippen molar-refractivity contribution in [3.05, 3.63) is 35.6 Å². The Labute approximate surface area is 142 Å². The smallest absolute Gasteiger partial charge is 0.123 e. The van der Waals surface area contributed by atoms with Crippen molar-refractivity contribution in [2.75, 3.05) is 6.61 Å². The van der Waals surface area contributed by atoms with Gasteiger partial charge in [-0.2, -0.15) is 0 Å². The molecule has 0 bridgehead atoms. The number of hydrogen-bond donors (Lipinski definition) is 5. The lowest BCUT2D eigenvalue weighted by molar-refractivity contribution is -0.00443. The Kier molecular flexibility index (Phi) is 7.58. The van der Waals surface area contributed by atoms with Gasteiger partial charge in [-0.15, -0.1) is 0 Å². The molecule has 136 valence electrons. The van der Waals surface area contributed by atoms with Crippen LogP contribution in [0, 0.1) is 5.82 Å². The molecule has 1 saturated heterocycles. The van der Waals surface area contributed by atoms with E-state index in [1.807, 2.05) is 0 Å². The molecule has 1 heterocycles. The molecule has 6 heteroatoms. The van der Waals surface area contributed by atoms with Crippen LogP contribution in [0.15, 0.2) is 24.3 Å². The first-order valence-corrected chi connectivity index (χ1v) is 8.68. The van der Waals surface area contributed by atoms with Crippen LogP contribution in [-0.4, -0.2) is 57.4 Å². The number of aryl methyl sites for hydroxylation is 1. The van der Waals surface area contributed by atoms with Crippen LogP contribution >= 0.6 is 0 Å². The predicted octanol–water partition coefficient (Wildman–Crippen LogP) is 0.734. The van der Waals surface area contributed by atoms with Gasteiger partial charge >= 0.3 is 0 Å². The Bertz CT molecular complexity index is 484. The zero-order valence-electron chi connectivity index (χ0n) is 13.8. The number of hydrogen-bond acceptors (Lipinski definition) is 5. The fourth-order valence-corrected chi connectivity index (χ4v) is 3.26. The van der Waals surface area contributed by atoms with E-state index < -0.39 is 30.4 Å². The van der Waals surface area contributed by atoms with E-state index in [0.717, 1.165) is 37.7 Å². The van der Waals surface area contributed by atoms with Gasteiger partial charge in [0.15, 0.2) is 0 Å². The Morgan fingerprint density at radius 1 is 1.00 bits per heavy atom. The Balaban J connectivity index is 1.59. The number of benzene rings is 1. The number of aliphatic hydroxyl groups excluding tert-OH is 4. The third kappa shape index (κ3) is 5.22. The maximum absolute atomic E-state index is 12.8. The molecule has 1 aromatic carbocycles. The molecule has 1 fully saturated rings. The highest BCUT2D eigenvalue weighted by molar-refractivity contribution is 5.15. The van der Waals surface area contributed by atoms with Gasteiger partial charge in [-0.3, -0.25) is 0 Å². The average molecular weight is 341 g/mol. The van der Waals surface area contributed by atoms with Crippen LogP contribution in [0.1, 0.15) is 37.7 Å². The van der Waals surface area contributed by atoms with Gasteiger partial charge in [-0.05, 0) is 37.0 Å². The van der Waals surface area contributed by atoms with Crippen molar-refractivity contribution in [1.29, 1.82) is 0 Å². The molecule has 0 unspecified atom stereocenters. The van der Waals surface area contributed by atoms with E-state index in [1.54, 1.807) is 12.1 Å². The summed E-state index contributed by atoms with van der Waals surface area (Å²) in [6.07, 6.45) is 2.42. The van der Waals surface area contributed by atoms with E-state index in [-0.39, 0.29) is 12.4 Å². The number of halogens is 1. The monoisotopic (exact) mass is 341 g/mol. The molecule has 1 aliphatic rings. The number of aliphatic hydroxyl groups is 4. The molecule has 0 aromatic heterocycles. The summed E-state index contributed by atoms with van der Waals surface area (Å²) in [7, 11) is 0. The standard InChI is InChI=1S/C18H28FNO4/c19-13-9-7-12(8-10-13)5-3-1-2-4-6-15(22)16-18(24)17(23)14(11-21)20-16/h7-10,14-18,20-24H,1-6,11H2/t14-,15-,16-,17-,18-/m1/s1. The second-order valence-corrected chi connectivity index (χ2v) is 6.61. The summed E-state index contributed by atoms with van der Waals surface area (Å²) in [4.78, 5) is 0. The first-order valence-electron chi connectivity index (χ1n) is 8.68. The van der Waals surface area contributed by atoms with Gasteiger partial charge in [0.2, 0.25) is 0 Å². The Hall–Kier alpha value is -1.05. The largest absolute Gasteiger partial charge is 0.395 e. The first kappa shape index (κ1) is 19.3. The highest BCUT2D eigenvalue weighted by Crippen LogP contribution is 2.20. The molecular formula is C18H28FNO4. The Morgan fingerprint density at radius 2 is 1.67 bits per heavy atom. The first-order chi connectivity index (χ1) is 11.5. The highest BCUT2D eigenvalue weighted by Gasteiger charge is 2.43. The summed E-state index contributed by atoms with van der Waals surface area (Å²) < 4.78 is 12.8. The average Bonchev–Trinajstić information content (AvgIpc) is 2.87. The quantitative estimate of drug-likeness (QED) is 0.427. The molecule has 24 heavy (non-hydrogen) atoms.